The number of anilines is 1. The largest absolute Gasteiger partial charge is 0.484 e. The van der Waals surface area contributed by atoms with Crippen molar-refractivity contribution in [3.8, 4) is 5.75 Å². The lowest BCUT2D eigenvalue weighted by atomic mass is 9.73. The van der Waals surface area contributed by atoms with Crippen LogP contribution in [0.1, 0.15) is 61.1 Å². The zero-order valence-corrected chi connectivity index (χ0v) is 20.1. The summed E-state index contributed by atoms with van der Waals surface area (Å²) < 4.78 is 11.8. The molecule has 3 aliphatic rings. The van der Waals surface area contributed by atoms with Crippen molar-refractivity contribution in [2.45, 2.75) is 58.3 Å². The summed E-state index contributed by atoms with van der Waals surface area (Å²) in [5.74, 6) is 1.49. The minimum Gasteiger partial charge on any atom is -0.484 e. The number of carbonyl (C=O) groups is 3. The first-order valence-corrected chi connectivity index (χ1v) is 12.2. The van der Waals surface area contributed by atoms with Crippen molar-refractivity contribution in [3.05, 3.63) is 81.8 Å². The number of ketones is 2. The lowest BCUT2D eigenvalue weighted by Gasteiger charge is -2.36. The lowest BCUT2D eigenvalue weighted by molar-refractivity contribution is -0.119. The van der Waals surface area contributed by atoms with E-state index < -0.39 is 5.92 Å². The van der Waals surface area contributed by atoms with Crippen LogP contribution in [0.3, 0.4) is 0 Å². The molecule has 1 N–H and O–H groups in total. The van der Waals surface area contributed by atoms with Crippen LogP contribution in [0.15, 0.2) is 65.1 Å². The number of nitrogens with one attached hydrogen (secondary N) is 1. The van der Waals surface area contributed by atoms with Gasteiger partial charge in [-0.15, -0.1) is 0 Å². The summed E-state index contributed by atoms with van der Waals surface area (Å²) in [5, 5.41) is 2.89. The Bertz CT molecular complexity index is 1230. The van der Waals surface area contributed by atoms with E-state index in [2.05, 4.69) is 5.32 Å². The molecule has 0 bridgehead atoms. The molecule has 6 nitrogen and oxygen atoms in total. The molecule has 5 rings (SSSR count). The van der Waals surface area contributed by atoms with Crippen LogP contribution in [0.25, 0.3) is 0 Å². The Morgan fingerprint density at radius 1 is 0.914 bits per heavy atom. The van der Waals surface area contributed by atoms with Crippen molar-refractivity contribution in [3.63, 3.8) is 0 Å². The van der Waals surface area contributed by atoms with Crippen LogP contribution in [0, 0.1) is 13.8 Å². The fourth-order valence-electron chi connectivity index (χ4n) is 5.13. The normalized spacial score (nSPS) is 18.1. The molecule has 6 heteroatoms. The van der Waals surface area contributed by atoms with E-state index in [0.717, 1.165) is 59.6 Å². The summed E-state index contributed by atoms with van der Waals surface area (Å²) in [6.07, 6.45) is 3.95. The first kappa shape index (κ1) is 23.1. The third kappa shape index (κ3) is 4.53. The molecule has 1 aliphatic heterocycles. The zero-order chi connectivity index (χ0) is 24.5. The number of hydrogen-bond donors (Lipinski definition) is 1. The van der Waals surface area contributed by atoms with Crippen molar-refractivity contribution in [1.82, 2.24) is 0 Å². The molecule has 0 saturated carbocycles. The fraction of sp³-hybridized carbons (Fsp3) is 0.345. The zero-order valence-electron chi connectivity index (χ0n) is 20.1. The van der Waals surface area contributed by atoms with Crippen LogP contribution in [-0.2, 0) is 19.1 Å². The standard InChI is InChI=1S/C29H29NO5/c1-17-6-3-7-21(18(17)2)30-26(33)16-34-20-14-12-19(13-15-20)27-28-22(31)8-4-10-24(28)35-25-11-5-9-23(32)29(25)27/h3,6-7,12-15,27H,4-5,8-11,16H2,1-2H3,(H,30,33). The first-order chi connectivity index (χ1) is 16.9. The molecule has 2 aliphatic carbocycles. The van der Waals surface area contributed by atoms with Crippen LogP contribution in [0.2, 0.25) is 0 Å². The van der Waals surface area contributed by atoms with E-state index in [4.69, 9.17) is 9.47 Å². The number of allylic oxidation sites excluding steroid dienone is 4. The van der Waals surface area contributed by atoms with Crippen LogP contribution in [-0.4, -0.2) is 24.1 Å². The SMILES string of the molecule is Cc1cccc(NC(=O)COc2ccc(C3C4=C(CCCC4=O)OC4=C3C(=O)CCC4)cc2)c1C. The van der Waals surface area contributed by atoms with Crippen LogP contribution < -0.4 is 10.1 Å². The van der Waals surface area contributed by atoms with E-state index in [-0.39, 0.29) is 24.1 Å². The van der Waals surface area contributed by atoms with E-state index in [1.807, 2.05) is 44.2 Å². The number of aryl methyl sites for hydroxylation is 1. The molecule has 2 aromatic carbocycles. The van der Waals surface area contributed by atoms with Gasteiger partial charge in [-0.3, -0.25) is 14.4 Å². The highest BCUT2D eigenvalue weighted by Gasteiger charge is 2.41. The van der Waals surface area contributed by atoms with Gasteiger partial charge in [-0.05, 0) is 61.6 Å². The maximum Gasteiger partial charge on any atom is 0.262 e. The number of ether oxygens (including phenoxy) is 2. The molecule has 1 heterocycles. The lowest BCUT2D eigenvalue weighted by Crippen LogP contribution is -2.30. The molecular formula is C29H29NO5. The quantitative estimate of drug-likeness (QED) is 0.627. The van der Waals surface area contributed by atoms with Gasteiger partial charge in [0.25, 0.3) is 5.91 Å². The maximum absolute atomic E-state index is 12.9. The average Bonchev–Trinajstić information content (AvgIpc) is 2.85. The summed E-state index contributed by atoms with van der Waals surface area (Å²) >= 11 is 0. The Labute approximate surface area is 205 Å². The number of amides is 1. The first-order valence-electron chi connectivity index (χ1n) is 12.2. The van der Waals surface area contributed by atoms with Gasteiger partial charge in [-0.1, -0.05) is 24.3 Å². The minimum atomic E-state index is -0.393. The van der Waals surface area contributed by atoms with Crippen molar-refractivity contribution in [2.75, 3.05) is 11.9 Å². The fourth-order valence-corrected chi connectivity index (χ4v) is 5.13. The van der Waals surface area contributed by atoms with E-state index in [1.165, 1.54) is 0 Å². The molecule has 0 atom stereocenters. The summed E-state index contributed by atoms with van der Waals surface area (Å²) in [6, 6.07) is 13.1. The van der Waals surface area contributed by atoms with Crippen LogP contribution in [0.5, 0.6) is 5.75 Å². The molecule has 0 radical (unpaired) electrons. The van der Waals surface area contributed by atoms with Crippen molar-refractivity contribution in [1.29, 1.82) is 0 Å². The predicted molar refractivity (Wildman–Crippen MR) is 132 cm³/mol. The van der Waals surface area contributed by atoms with E-state index in [1.54, 1.807) is 12.1 Å². The molecule has 0 fully saturated rings. The van der Waals surface area contributed by atoms with E-state index in [9.17, 15) is 14.4 Å². The monoisotopic (exact) mass is 471 g/mol. The Balaban J connectivity index is 1.34. The molecule has 0 aromatic heterocycles. The second-order valence-electron chi connectivity index (χ2n) is 9.42. The van der Waals surface area contributed by atoms with Crippen LogP contribution >= 0.6 is 0 Å². The predicted octanol–water partition coefficient (Wildman–Crippen LogP) is 5.45. The number of benzene rings is 2. The molecular weight excluding hydrogens is 442 g/mol. The number of hydrogen-bond acceptors (Lipinski definition) is 5. The third-order valence-electron chi connectivity index (χ3n) is 7.10. The third-order valence-corrected chi connectivity index (χ3v) is 7.10. The van der Waals surface area contributed by atoms with E-state index >= 15 is 0 Å². The molecule has 0 saturated heterocycles. The average molecular weight is 472 g/mol. The summed E-state index contributed by atoms with van der Waals surface area (Å²) in [4.78, 5) is 38.2. The molecule has 0 unspecified atom stereocenters. The summed E-state index contributed by atoms with van der Waals surface area (Å²) in [5.41, 5.74) is 5.04. The second-order valence-corrected chi connectivity index (χ2v) is 9.42. The van der Waals surface area contributed by atoms with Gasteiger partial charge in [0, 0.05) is 48.4 Å². The van der Waals surface area contributed by atoms with Gasteiger partial charge in [0.2, 0.25) is 0 Å². The summed E-state index contributed by atoms with van der Waals surface area (Å²) in [6.45, 7) is 3.85. The molecule has 0 spiro atoms. The van der Waals surface area contributed by atoms with Gasteiger partial charge >= 0.3 is 0 Å². The molecule has 1 amide bonds. The van der Waals surface area contributed by atoms with Gasteiger partial charge < -0.3 is 14.8 Å². The maximum atomic E-state index is 12.9. The van der Waals surface area contributed by atoms with Gasteiger partial charge in [-0.25, -0.2) is 0 Å². The minimum absolute atomic E-state index is 0.0598. The molecule has 2 aromatic rings. The van der Waals surface area contributed by atoms with E-state index in [0.29, 0.717) is 29.7 Å². The molecule has 180 valence electrons. The number of carbonyl (C=O) groups excluding carboxylic acids is 3. The number of rotatable bonds is 5. The van der Waals surface area contributed by atoms with Gasteiger partial charge in [0.05, 0.1) is 0 Å². The van der Waals surface area contributed by atoms with Crippen molar-refractivity contribution in [2.24, 2.45) is 0 Å². The highest BCUT2D eigenvalue weighted by molar-refractivity contribution is 6.05. The van der Waals surface area contributed by atoms with Gasteiger partial charge in [0.1, 0.15) is 17.3 Å². The highest BCUT2D eigenvalue weighted by atomic mass is 16.5. The topological polar surface area (TPSA) is 81.7 Å². The van der Waals surface area contributed by atoms with Crippen molar-refractivity contribution >= 4 is 23.2 Å². The Morgan fingerprint density at radius 2 is 1.54 bits per heavy atom. The van der Waals surface area contributed by atoms with Crippen LogP contribution in [0.4, 0.5) is 5.69 Å². The van der Waals surface area contributed by atoms with Crippen molar-refractivity contribution < 1.29 is 23.9 Å². The highest BCUT2D eigenvalue weighted by Crippen LogP contribution is 2.47. The van der Waals surface area contributed by atoms with Gasteiger partial charge in [0.15, 0.2) is 18.2 Å². The number of Topliss-reactive ketones (excluding diaryl/α,β-unsaturated/α-hetero) is 2. The Morgan fingerprint density at radius 3 is 2.17 bits per heavy atom. The Hall–Kier alpha value is -3.67. The van der Waals surface area contributed by atoms with Gasteiger partial charge in [-0.2, -0.15) is 0 Å². The molecule has 35 heavy (non-hydrogen) atoms. The Kier molecular flexibility index (Phi) is 6.29. The second kappa shape index (κ2) is 9.53. The summed E-state index contributed by atoms with van der Waals surface area (Å²) in [7, 11) is 0. The smallest absolute Gasteiger partial charge is 0.262 e.